The molecule has 0 fully saturated rings. The molecule has 16 heavy (non-hydrogen) atoms. The third-order valence-corrected chi connectivity index (χ3v) is 4.10. The van der Waals surface area contributed by atoms with Crippen molar-refractivity contribution in [1.82, 2.24) is 5.32 Å². The number of nitrogens with two attached hydrogens (primary N) is 1. The second-order valence-electron chi connectivity index (χ2n) is 2.95. The van der Waals surface area contributed by atoms with Crippen LogP contribution in [-0.4, -0.2) is 34.6 Å². The number of sulfonamides is 1. The lowest BCUT2D eigenvalue weighted by atomic mass is 10.3. The van der Waals surface area contributed by atoms with Gasteiger partial charge in [0, 0.05) is 19.0 Å². The molecule has 8 heteroatoms. The van der Waals surface area contributed by atoms with Crippen LogP contribution in [0.2, 0.25) is 0 Å². The summed E-state index contributed by atoms with van der Waals surface area (Å²) in [6, 6.07) is 1.25. The molecule has 0 aliphatic rings. The fourth-order valence-electron chi connectivity index (χ4n) is 0.954. The van der Waals surface area contributed by atoms with E-state index in [4.69, 9.17) is 9.88 Å². The number of rotatable bonds is 5. The lowest BCUT2D eigenvalue weighted by Crippen LogP contribution is -2.26. The number of thiophene rings is 1. The van der Waals surface area contributed by atoms with Crippen molar-refractivity contribution >= 4 is 27.3 Å². The molecule has 1 rings (SSSR count). The summed E-state index contributed by atoms with van der Waals surface area (Å²) < 4.78 is 26.7. The van der Waals surface area contributed by atoms with E-state index in [1.807, 2.05) is 0 Å². The van der Waals surface area contributed by atoms with E-state index >= 15 is 0 Å². The van der Waals surface area contributed by atoms with Gasteiger partial charge in [0.05, 0.1) is 12.2 Å². The molecule has 1 aromatic heterocycles. The van der Waals surface area contributed by atoms with Crippen LogP contribution in [0.25, 0.3) is 0 Å². The number of carbonyl (C=O) groups is 1. The van der Waals surface area contributed by atoms with Crippen LogP contribution in [0.4, 0.5) is 0 Å². The Hall–Kier alpha value is -0.960. The smallest absolute Gasteiger partial charge is 0.252 e. The first-order chi connectivity index (χ1) is 7.45. The summed E-state index contributed by atoms with van der Waals surface area (Å²) >= 11 is 0.919. The molecule has 0 spiro atoms. The van der Waals surface area contributed by atoms with Gasteiger partial charge in [0.25, 0.3) is 5.91 Å². The van der Waals surface area contributed by atoms with Gasteiger partial charge in [0.1, 0.15) is 4.21 Å². The van der Waals surface area contributed by atoms with Crippen LogP contribution in [0.15, 0.2) is 15.7 Å². The van der Waals surface area contributed by atoms with E-state index < -0.39 is 10.0 Å². The SMILES string of the molecule is COCCNC(=O)c1csc(S(N)(=O)=O)c1. The fourth-order valence-corrected chi connectivity index (χ4v) is 2.54. The number of ether oxygens (including phenoxy) is 1. The van der Waals surface area contributed by atoms with Crippen LogP contribution in [0.5, 0.6) is 0 Å². The van der Waals surface area contributed by atoms with E-state index in [0.717, 1.165) is 11.3 Å². The third-order valence-electron chi connectivity index (χ3n) is 1.71. The topological polar surface area (TPSA) is 98.5 Å². The van der Waals surface area contributed by atoms with E-state index in [-0.39, 0.29) is 15.7 Å². The van der Waals surface area contributed by atoms with Gasteiger partial charge in [-0.3, -0.25) is 4.79 Å². The lowest BCUT2D eigenvalue weighted by Gasteiger charge is -2.01. The van der Waals surface area contributed by atoms with Gasteiger partial charge in [-0.15, -0.1) is 11.3 Å². The molecule has 0 atom stereocenters. The normalized spacial score (nSPS) is 11.4. The zero-order valence-corrected chi connectivity index (χ0v) is 10.2. The molecule has 1 aromatic rings. The first kappa shape index (κ1) is 13.1. The van der Waals surface area contributed by atoms with Gasteiger partial charge < -0.3 is 10.1 Å². The molecule has 0 bridgehead atoms. The second-order valence-corrected chi connectivity index (χ2v) is 5.65. The zero-order chi connectivity index (χ0) is 12.2. The molecular formula is C8H12N2O4S2. The molecule has 0 unspecified atom stereocenters. The predicted octanol–water partition coefficient (Wildman–Crippen LogP) is -0.228. The summed E-state index contributed by atoms with van der Waals surface area (Å²) in [7, 11) is -2.20. The molecule has 1 heterocycles. The molecule has 0 aliphatic heterocycles. The van der Waals surface area contributed by atoms with Gasteiger partial charge in [0.15, 0.2) is 0 Å². The maximum absolute atomic E-state index is 11.5. The minimum Gasteiger partial charge on any atom is -0.383 e. The van der Waals surface area contributed by atoms with Crippen molar-refractivity contribution < 1.29 is 17.9 Å². The van der Waals surface area contributed by atoms with Crippen LogP contribution in [0.1, 0.15) is 10.4 Å². The van der Waals surface area contributed by atoms with E-state index in [1.165, 1.54) is 18.6 Å². The van der Waals surface area contributed by atoms with Crippen molar-refractivity contribution in [3.05, 3.63) is 17.0 Å². The molecular weight excluding hydrogens is 252 g/mol. The van der Waals surface area contributed by atoms with E-state index in [0.29, 0.717) is 13.2 Å². The van der Waals surface area contributed by atoms with E-state index in [9.17, 15) is 13.2 Å². The summed E-state index contributed by atoms with van der Waals surface area (Å²) in [5.74, 6) is -0.344. The predicted molar refractivity (Wildman–Crippen MR) is 59.9 cm³/mol. The first-order valence-corrected chi connectivity index (χ1v) is 6.76. The molecule has 90 valence electrons. The summed E-state index contributed by atoms with van der Waals surface area (Å²) in [5.41, 5.74) is 0.283. The number of hydrogen-bond donors (Lipinski definition) is 2. The van der Waals surface area contributed by atoms with Crippen LogP contribution in [0, 0.1) is 0 Å². The molecule has 0 aliphatic carbocycles. The van der Waals surface area contributed by atoms with Gasteiger partial charge in [-0.05, 0) is 6.07 Å². The summed E-state index contributed by atoms with van der Waals surface area (Å²) in [5, 5.41) is 8.94. The Morgan fingerprint density at radius 3 is 2.81 bits per heavy atom. The molecule has 6 nitrogen and oxygen atoms in total. The lowest BCUT2D eigenvalue weighted by molar-refractivity contribution is 0.0937. The molecule has 0 aromatic carbocycles. The Bertz CT molecular complexity index is 466. The van der Waals surface area contributed by atoms with Gasteiger partial charge in [0.2, 0.25) is 10.0 Å². The van der Waals surface area contributed by atoms with Gasteiger partial charge >= 0.3 is 0 Å². The Kier molecular flexibility index (Phi) is 4.42. The highest BCUT2D eigenvalue weighted by molar-refractivity contribution is 7.91. The van der Waals surface area contributed by atoms with Gasteiger partial charge in [-0.1, -0.05) is 0 Å². The largest absolute Gasteiger partial charge is 0.383 e. The van der Waals surface area contributed by atoms with Crippen LogP contribution in [0.3, 0.4) is 0 Å². The highest BCUT2D eigenvalue weighted by Crippen LogP contribution is 2.18. The quantitative estimate of drug-likeness (QED) is 0.718. The third kappa shape index (κ3) is 3.56. The number of hydrogen-bond acceptors (Lipinski definition) is 5. The molecule has 3 N–H and O–H groups in total. The van der Waals surface area contributed by atoms with Crippen molar-refractivity contribution in [2.75, 3.05) is 20.3 Å². The zero-order valence-electron chi connectivity index (χ0n) is 8.60. The average molecular weight is 264 g/mol. The second kappa shape index (κ2) is 5.39. The molecule has 0 radical (unpaired) electrons. The van der Waals surface area contributed by atoms with Crippen molar-refractivity contribution in [2.45, 2.75) is 4.21 Å². The number of amides is 1. The number of carbonyl (C=O) groups excluding carboxylic acids is 1. The van der Waals surface area contributed by atoms with Crippen LogP contribution >= 0.6 is 11.3 Å². The highest BCUT2D eigenvalue weighted by Gasteiger charge is 2.14. The van der Waals surface area contributed by atoms with E-state index in [1.54, 1.807) is 0 Å². The Morgan fingerprint density at radius 1 is 1.62 bits per heavy atom. The minimum atomic E-state index is -3.73. The van der Waals surface area contributed by atoms with Crippen molar-refractivity contribution in [1.29, 1.82) is 0 Å². The standard InChI is InChI=1S/C8H12N2O4S2/c1-14-3-2-10-8(11)6-4-7(15-5-6)16(9,12)13/h4-5H,2-3H2,1H3,(H,10,11)(H2,9,12,13). The molecule has 1 amide bonds. The van der Waals surface area contributed by atoms with Crippen molar-refractivity contribution in [3.8, 4) is 0 Å². The minimum absolute atomic E-state index is 0.0237. The van der Waals surface area contributed by atoms with Gasteiger partial charge in [-0.2, -0.15) is 0 Å². The Balaban J connectivity index is 2.68. The number of nitrogens with one attached hydrogen (secondary N) is 1. The van der Waals surface area contributed by atoms with Crippen LogP contribution in [-0.2, 0) is 14.8 Å². The number of primary sulfonamides is 1. The highest BCUT2D eigenvalue weighted by atomic mass is 32.2. The van der Waals surface area contributed by atoms with E-state index in [2.05, 4.69) is 5.32 Å². The fraction of sp³-hybridized carbons (Fsp3) is 0.375. The Labute approximate surface area is 97.5 Å². The van der Waals surface area contributed by atoms with Gasteiger partial charge in [-0.25, -0.2) is 13.6 Å². The molecule has 0 saturated carbocycles. The van der Waals surface area contributed by atoms with Crippen molar-refractivity contribution in [3.63, 3.8) is 0 Å². The summed E-state index contributed by atoms with van der Waals surface area (Å²) in [6.45, 7) is 0.772. The molecule has 0 saturated heterocycles. The average Bonchev–Trinajstić information content (AvgIpc) is 2.66. The number of methoxy groups -OCH3 is 1. The van der Waals surface area contributed by atoms with Crippen LogP contribution < -0.4 is 10.5 Å². The maximum Gasteiger partial charge on any atom is 0.252 e. The summed E-state index contributed by atoms with van der Waals surface area (Å²) in [4.78, 5) is 11.5. The summed E-state index contributed by atoms with van der Waals surface area (Å²) in [6.07, 6.45) is 0. The first-order valence-electron chi connectivity index (χ1n) is 4.33. The maximum atomic E-state index is 11.5. The monoisotopic (exact) mass is 264 g/mol. The Morgan fingerprint density at radius 2 is 2.31 bits per heavy atom. The van der Waals surface area contributed by atoms with Crippen molar-refractivity contribution in [2.24, 2.45) is 5.14 Å².